The smallest absolute Gasteiger partial charge is 0.328 e. The van der Waals surface area contributed by atoms with Crippen molar-refractivity contribution >= 4 is 11.9 Å². The zero-order valence-corrected chi connectivity index (χ0v) is 12.2. The van der Waals surface area contributed by atoms with Gasteiger partial charge < -0.3 is 15.2 Å². The lowest BCUT2D eigenvalue weighted by Crippen LogP contribution is -2.44. The summed E-state index contributed by atoms with van der Waals surface area (Å²) >= 11 is 0. The van der Waals surface area contributed by atoms with Crippen molar-refractivity contribution in [2.24, 2.45) is 0 Å². The molecule has 0 spiro atoms. The van der Waals surface area contributed by atoms with Gasteiger partial charge in [-0.05, 0) is 18.9 Å². The van der Waals surface area contributed by atoms with Crippen LogP contribution in [-0.2, 0) is 20.7 Å². The second-order valence-electron chi connectivity index (χ2n) is 4.77. The molecule has 114 valence electrons. The lowest BCUT2D eigenvalue weighted by molar-refractivity contribution is -0.143. The zero-order chi connectivity index (χ0) is 15.7. The second kappa shape index (κ2) is 8.92. The van der Waals surface area contributed by atoms with Gasteiger partial charge in [0.15, 0.2) is 6.04 Å². The molecule has 0 saturated heterocycles. The number of aliphatic carboxylic acids is 1. The Morgan fingerprint density at radius 1 is 1.38 bits per heavy atom. The lowest BCUT2D eigenvalue weighted by atomic mass is 10.1. The Kier molecular flexibility index (Phi) is 7.18. The van der Waals surface area contributed by atoms with E-state index in [4.69, 9.17) is 9.84 Å². The molecule has 1 rings (SSSR count). The highest BCUT2D eigenvalue weighted by Gasteiger charge is 2.19. The standard InChI is InChI=1S/C16H21NO4/c1-3-10-21-11-14(16(19)20)17-15(18)9-8-13-6-4-12(2)5-7-13/h3-7,14H,1,8-11H2,2H3,(H,17,18)(H,19,20). The first-order valence-corrected chi connectivity index (χ1v) is 6.79. The Bertz CT molecular complexity index is 482. The molecule has 0 heterocycles. The van der Waals surface area contributed by atoms with Gasteiger partial charge in [-0.3, -0.25) is 4.79 Å². The molecular weight excluding hydrogens is 270 g/mol. The molecule has 1 aromatic rings. The van der Waals surface area contributed by atoms with Crippen molar-refractivity contribution in [1.29, 1.82) is 0 Å². The Hall–Kier alpha value is -2.14. The molecule has 1 amide bonds. The number of carboxylic acid groups (broad SMARTS) is 1. The monoisotopic (exact) mass is 291 g/mol. The van der Waals surface area contributed by atoms with Gasteiger partial charge in [0.2, 0.25) is 5.91 Å². The molecule has 1 atom stereocenters. The van der Waals surface area contributed by atoms with Gasteiger partial charge in [0.1, 0.15) is 0 Å². The topological polar surface area (TPSA) is 75.6 Å². The SMILES string of the molecule is C=CCOCC(NC(=O)CCc1ccc(C)cc1)C(=O)O. The van der Waals surface area contributed by atoms with Gasteiger partial charge in [-0.25, -0.2) is 4.79 Å². The van der Waals surface area contributed by atoms with E-state index in [1.807, 2.05) is 31.2 Å². The number of hydrogen-bond acceptors (Lipinski definition) is 3. The molecule has 5 nitrogen and oxygen atoms in total. The van der Waals surface area contributed by atoms with E-state index < -0.39 is 12.0 Å². The second-order valence-corrected chi connectivity index (χ2v) is 4.77. The van der Waals surface area contributed by atoms with Crippen LogP contribution in [0, 0.1) is 6.92 Å². The molecule has 1 aromatic carbocycles. The summed E-state index contributed by atoms with van der Waals surface area (Å²) < 4.78 is 5.07. The van der Waals surface area contributed by atoms with Crippen LogP contribution in [0.15, 0.2) is 36.9 Å². The highest BCUT2D eigenvalue weighted by molar-refractivity contribution is 5.83. The molecule has 0 aliphatic carbocycles. The molecule has 2 N–H and O–H groups in total. The third-order valence-corrected chi connectivity index (χ3v) is 2.91. The number of aryl methyl sites for hydroxylation is 2. The first-order valence-electron chi connectivity index (χ1n) is 6.79. The summed E-state index contributed by atoms with van der Waals surface area (Å²) in [6.07, 6.45) is 2.35. The van der Waals surface area contributed by atoms with Crippen molar-refractivity contribution in [2.45, 2.75) is 25.8 Å². The van der Waals surface area contributed by atoms with Gasteiger partial charge in [-0.2, -0.15) is 0 Å². The maximum Gasteiger partial charge on any atom is 0.328 e. The molecule has 5 heteroatoms. The van der Waals surface area contributed by atoms with Crippen molar-refractivity contribution in [1.82, 2.24) is 5.32 Å². The van der Waals surface area contributed by atoms with Crippen molar-refractivity contribution < 1.29 is 19.4 Å². The quantitative estimate of drug-likeness (QED) is 0.536. The molecule has 0 radical (unpaired) electrons. The minimum absolute atomic E-state index is 0.0718. The number of carboxylic acids is 1. The Labute approximate surface area is 124 Å². The van der Waals surface area contributed by atoms with E-state index in [9.17, 15) is 9.59 Å². The van der Waals surface area contributed by atoms with E-state index in [2.05, 4.69) is 11.9 Å². The van der Waals surface area contributed by atoms with E-state index in [0.717, 1.165) is 11.1 Å². The van der Waals surface area contributed by atoms with Crippen molar-refractivity contribution in [2.75, 3.05) is 13.2 Å². The van der Waals surface area contributed by atoms with Gasteiger partial charge in [0.25, 0.3) is 0 Å². The Morgan fingerprint density at radius 3 is 2.62 bits per heavy atom. The summed E-state index contributed by atoms with van der Waals surface area (Å²) in [7, 11) is 0. The van der Waals surface area contributed by atoms with E-state index in [1.54, 1.807) is 0 Å². The van der Waals surface area contributed by atoms with Crippen LogP contribution in [0.5, 0.6) is 0 Å². The number of benzene rings is 1. The van der Waals surface area contributed by atoms with Crippen LogP contribution in [-0.4, -0.2) is 36.2 Å². The van der Waals surface area contributed by atoms with Gasteiger partial charge in [-0.15, -0.1) is 6.58 Å². The van der Waals surface area contributed by atoms with Crippen LogP contribution in [0.25, 0.3) is 0 Å². The largest absolute Gasteiger partial charge is 0.480 e. The fraction of sp³-hybridized carbons (Fsp3) is 0.375. The molecule has 0 fully saturated rings. The third kappa shape index (κ3) is 6.72. The van der Waals surface area contributed by atoms with Crippen LogP contribution in [0.1, 0.15) is 17.5 Å². The van der Waals surface area contributed by atoms with E-state index in [-0.39, 0.29) is 25.5 Å². The van der Waals surface area contributed by atoms with Crippen LogP contribution in [0.3, 0.4) is 0 Å². The highest BCUT2D eigenvalue weighted by Crippen LogP contribution is 2.05. The number of carbonyl (C=O) groups is 2. The average Bonchev–Trinajstić information content (AvgIpc) is 2.45. The van der Waals surface area contributed by atoms with Gasteiger partial charge >= 0.3 is 5.97 Å². The number of nitrogens with one attached hydrogen (secondary N) is 1. The van der Waals surface area contributed by atoms with Gasteiger partial charge in [0.05, 0.1) is 13.2 Å². The van der Waals surface area contributed by atoms with Crippen molar-refractivity contribution in [3.8, 4) is 0 Å². The number of hydrogen-bond donors (Lipinski definition) is 2. The van der Waals surface area contributed by atoms with Crippen LogP contribution < -0.4 is 5.32 Å². The van der Waals surface area contributed by atoms with Crippen LogP contribution >= 0.6 is 0 Å². The average molecular weight is 291 g/mol. The minimum Gasteiger partial charge on any atom is -0.480 e. The van der Waals surface area contributed by atoms with Crippen molar-refractivity contribution in [3.05, 3.63) is 48.0 Å². The third-order valence-electron chi connectivity index (χ3n) is 2.91. The fourth-order valence-electron chi connectivity index (χ4n) is 1.72. The molecule has 0 saturated carbocycles. The van der Waals surface area contributed by atoms with Crippen LogP contribution in [0.4, 0.5) is 0 Å². The number of carbonyl (C=O) groups excluding carboxylic acids is 1. The Balaban J connectivity index is 2.40. The summed E-state index contributed by atoms with van der Waals surface area (Å²) in [6.45, 7) is 5.65. The highest BCUT2D eigenvalue weighted by atomic mass is 16.5. The fourth-order valence-corrected chi connectivity index (χ4v) is 1.72. The van der Waals surface area contributed by atoms with E-state index in [1.165, 1.54) is 6.08 Å². The molecule has 1 unspecified atom stereocenters. The first-order chi connectivity index (χ1) is 10.0. The van der Waals surface area contributed by atoms with Gasteiger partial charge in [-0.1, -0.05) is 35.9 Å². The predicted octanol–water partition coefficient (Wildman–Crippen LogP) is 1.70. The van der Waals surface area contributed by atoms with Crippen LogP contribution in [0.2, 0.25) is 0 Å². The zero-order valence-electron chi connectivity index (χ0n) is 12.2. The summed E-state index contributed by atoms with van der Waals surface area (Å²) in [4.78, 5) is 22.8. The summed E-state index contributed by atoms with van der Waals surface area (Å²) in [5.41, 5.74) is 2.21. The molecular formula is C16H21NO4. The summed E-state index contributed by atoms with van der Waals surface area (Å²) in [5.74, 6) is -1.41. The normalized spacial score (nSPS) is 11.7. The number of amides is 1. The van der Waals surface area contributed by atoms with Crippen molar-refractivity contribution in [3.63, 3.8) is 0 Å². The first kappa shape index (κ1) is 16.9. The molecule has 0 aromatic heterocycles. The molecule has 21 heavy (non-hydrogen) atoms. The molecule has 0 aliphatic rings. The minimum atomic E-state index is -1.11. The maximum absolute atomic E-state index is 11.8. The predicted molar refractivity (Wildman–Crippen MR) is 80.1 cm³/mol. The molecule has 0 aliphatic heterocycles. The summed E-state index contributed by atoms with van der Waals surface area (Å²) in [5, 5.41) is 11.5. The van der Waals surface area contributed by atoms with Gasteiger partial charge in [0, 0.05) is 6.42 Å². The van der Waals surface area contributed by atoms with E-state index in [0.29, 0.717) is 6.42 Å². The van der Waals surface area contributed by atoms with E-state index >= 15 is 0 Å². The maximum atomic E-state index is 11.8. The molecule has 0 bridgehead atoms. The lowest BCUT2D eigenvalue weighted by Gasteiger charge is -2.14. The summed E-state index contributed by atoms with van der Waals surface area (Å²) in [6, 6.07) is 6.86. The number of ether oxygens (including phenoxy) is 1. The number of rotatable bonds is 9. The Morgan fingerprint density at radius 2 is 2.05 bits per heavy atom.